The normalized spacial score (nSPS) is 12.1. The van der Waals surface area contributed by atoms with Crippen LogP contribution in [0.25, 0.3) is 0 Å². The van der Waals surface area contributed by atoms with Crippen molar-refractivity contribution in [1.29, 1.82) is 0 Å². The number of aromatic nitrogens is 3. The molecule has 4 N–H and O–H groups in total. The minimum atomic E-state index is -1.01. The second kappa shape index (κ2) is 5.07. The summed E-state index contributed by atoms with van der Waals surface area (Å²) in [5.41, 5.74) is 5.28. The van der Waals surface area contributed by atoms with E-state index in [0.29, 0.717) is 18.9 Å². The number of carboxylic acids is 1. The highest BCUT2D eigenvalue weighted by Gasteiger charge is 2.10. The van der Waals surface area contributed by atoms with Crippen molar-refractivity contribution in [2.24, 2.45) is 5.73 Å². The summed E-state index contributed by atoms with van der Waals surface area (Å²) in [6.07, 6.45) is 3.26. The van der Waals surface area contributed by atoms with Crippen molar-refractivity contribution in [3.63, 3.8) is 0 Å². The molecule has 1 atom stereocenters. The van der Waals surface area contributed by atoms with E-state index in [0.717, 1.165) is 0 Å². The molecule has 7 nitrogen and oxygen atoms in total. The van der Waals surface area contributed by atoms with E-state index < -0.39 is 12.0 Å². The van der Waals surface area contributed by atoms with Gasteiger partial charge in [-0.25, -0.2) is 4.98 Å². The van der Waals surface area contributed by atoms with Crippen molar-refractivity contribution in [2.45, 2.75) is 12.5 Å². The van der Waals surface area contributed by atoms with Crippen LogP contribution in [0.15, 0.2) is 12.4 Å². The maximum Gasteiger partial charge on any atom is 0.320 e. The molecule has 0 amide bonds. The first-order valence-electron chi connectivity index (χ1n) is 4.06. The number of nitrogens with two attached hydrogens (primary N) is 1. The highest BCUT2D eigenvalue weighted by molar-refractivity contribution is 5.73. The second-order valence-electron chi connectivity index (χ2n) is 2.63. The molecule has 0 spiro atoms. The summed E-state index contributed by atoms with van der Waals surface area (Å²) in [5, 5.41) is 18.5. The van der Waals surface area contributed by atoms with Crippen molar-refractivity contribution in [1.82, 2.24) is 15.2 Å². The van der Waals surface area contributed by atoms with Gasteiger partial charge < -0.3 is 16.2 Å². The fourth-order valence-corrected chi connectivity index (χ4v) is 0.792. The van der Waals surface area contributed by atoms with Crippen molar-refractivity contribution in [3.8, 4) is 0 Å². The van der Waals surface area contributed by atoms with Gasteiger partial charge in [0.2, 0.25) is 5.95 Å². The molecule has 0 saturated heterocycles. The van der Waals surface area contributed by atoms with Gasteiger partial charge in [-0.2, -0.15) is 5.10 Å². The van der Waals surface area contributed by atoms with Crippen LogP contribution in [0.5, 0.6) is 0 Å². The van der Waals surface area contributed by atoms with Crippen LogP contribution in [0.3, 0.4) is 0 Å². The summed E-state index contributed by atoms with van der Waals surface area (Å²) in [7, 11) is 0. The minimum Gasteiger partial charge on any atom is -0.480 e. The van der Waals surface area contributed by atoms with E-state index in [2.05, 4.69) is 20.5 Å². The second-order valence-corrected chi connectivity index (χ2v) is 2.63. The highest BCUT2D eigenvalue weighted by atomic mass is 16.4. The maximum absolute atomic E-state index is 10.3. The van der Waals surface area contributed by atoms with E-state index in [9.17, 15) is 4.79 Å². The van der Waals surface area contributed by atoms with Gasteiger partial charge in [-0.15, -0.1) is 5.10 Å². The third-order valence-corrected chi connectivity index (χ3v) is 1.54. The predicted molar refractivity (Wildman–Crippen MR) is 48.5 cm³/mol. The molecular weight excluding hydrogens is 186 g/mol. The van der Waals surface area contributed by atoms with E-state index in [1.54, 1.807) is 0 Å². The van der Waals surface area contributed by atoms with Crippen LogP contribution in [-0.2, 0) is 4.79 Å². The number of hydrogen-bond donors (Lipinski definition) is 3. The van der Waals surface area contributed by atoms with Crippen LogP contribution in [0, 0.1) is 0 Å². The average Bonchev–Trinajstić information content (AvgIpc) is 2.19. The molecule has 1 aromatic rings. The fraction of sp³-hybridized carbons (Fsp3) is 0.429. The lowest BCUT2D eigenvalue weighted by Crippen LogP contribution is -2.32. The maximum atomic E-state index is 10.3. The van der Waals surface area contributed by atoms with Gasteiger partial charge in [0.15, 0.2) is 0 Å². The smallest absolute Gasteiger partial charge is 0.320 e. The molecule has 1 aromatic heterocycles. The molecule has 0 aliphatic heterocycles. The summed E-state index contributed by atoms with van der Waals surface area (Å²) in [6.45, 7) is 0.402. The van der Waals surface area contributed by atoms with Gasteiger partial charge in [0.25, 0.3) is 0 Å². The number of nitrogens with zero attached hydrogens (tertiary/aromatic N) is 3. The van der Waals surface area contributed by atoms with Gasteiger partial charge in [0.1, 0.15) is 6.04 Å². The third kappa shape index (κ3) is 3.31. The molecule has 0 fully saturated rings. The number of aliphatic carboxylic acids is 1. The molecule has 7 heteroatoms. The molecule has 0 radical (unpaired) electrons. The zero-order chi connectivity index (χ0) is 10.4. The predicted octanol–water partition coefficient (Wildman–Crippen LogP) is -0.915. The van der Waals surface area contributed by atoms with Gasteiger partial charge in [0, 0.05) is 6.54 Å². The monoisotopic (exact) mass is 197 g/mol. The molecule has 1 unspecified atom stereocenters. The van der Waals surface area contributed by atoms with Crippen molar-refractivity contribution >= 4 is 11.9 Å². The Kier molecular flexibility index (Phi) is 3.74. The zero-order valence-corrected chi connectivity index (χ0v) is 7.42. The fourth-order valence-electron chi connectivity index (χ4n) is 0.792. The van der Waals surface area contributed by atoms with E-state index in [-0.39, 0.29) is 0 Å². The zero-order valence-electron chi connectivity index (χ0n) is 7.42. The van der Waals surface area contributed by atoms with E-state index in [1.165, 1.54) is 12.4 Å². The molecule has 76 valence electrons. The Hall–Kier alpha value is -1.76. The number of rotatable bonds is 5. The topological polar surface area (TPSA) is 114 Å². The Morgan fingerprint density at radius 2 is 2.43 bits per heavy atom. The highest BCUT2D eigenvalue weighted by Crippen LogP contribution is 1.94. The first-order chi connectivity index (χ1) is 6.70. The largest absolute Gasteiger partial charge is 0.480 e. The van der Waals surface area contributed by atoms with Crippen molar-refractivity contribution in [2.75, 3.05) is 11.9 Å². The Morgan fingerprint density at radius 3 is 3.00 bits per heavy atom. The molecule has 0 bridgehead atoms. The quantitative estimate of drug-likeness (QED) is 0.559. The standard InChI is InChI=1S/C7H11N5O2/c8-5(6(13)14)1-2-9-7-10-3-4-11-12-7/h3-5H,1-2,8H2,(H,13,14)(H,9,10,12). The summed E-state index contributed by atoms with van der Waals surface area (Å²) in [6, 6.07) is -0.862. The van der Waals surface area contributed by atoms with E-state index >= 15 is 0 Å². The summed E-state index contributed by atoms with van der Waals surface area (Å²) in [5.74, 6) is -0.649. The average molecular weight is 197 g/mol. The summed E-state index contributed by atoms with van der Waals surface area (Å²) in [4.78, 5) is 14.2. The molecule has 1 heterocycles. The van der Waals surface area contributed by atoms with E-state index in [1.807, 2.05) is 0 Å². The number of nitrogens with one attached hydrogen (secondary N) is 1. The number of hydrogen-bond acceptors (Lipinski definition) is 6. The lowest BCUT2D eigenvalue weighted by molar-refractivity contribution is -0.138. The molecule has 0 aliphatic carbocycles. The van der Waals surface area contributed by atoms with Crippen LogP contribution in [-0.4, -0.2) is 38.8 Å². The SMILES string of the molecule is NC(CCNc1nccnn1)C(=O)O. The summed E-state index contributed by atoms with van der Waals surface area (Å²) >= 11 is 0. The minimum absolute atomic E-state index is 0.313. The van der Waals surface area contributed by atoms with Gasteiger partial charge in [-0.1, -0.05) is 0 Å². The Balaban J connectivity index is 2.26. The molecule has 0 aliphatic rings. The lowest BCUT2D eigenvalue weighted by atomic mass is 10.2. The van der Waals surface area contributed by atoms with Crippen molar-refractivity contribution < 1.29 is 9.90 Å². The van der Waals surface area contributed by atoms with Crippen LogP contribution in [0.2, 0.25) is 0 Å². The number of carboxylic acid groups (broad SMARTS) is 1. The van der Waals surface area contributed by atoms with Gasteiger partial charge in [-0.3, -0.25) is 4.79 Å². The number of carbonyl (C=O) groups is 1. The third-order valence-electron chi connectivity index (χ3n) is 1.54. The molecule has 1 rings (SSSR count). The van der Waals surface area contributed by atoms with E-state index in [4.69, 9.17) is 10.8 Å². The molecule has 0 saturated carbocycles. The molecular formula is C7H11N5O2. The van der Waals surface area contributed by atoms with Crippen LogP contribution in [0.4, 0.5) is 5.95 Å². The lowest BCUT2D eigenvalue weighted by Gasteiger charge is -2.06. The summed E-state index contributed by atoms with van der Waals surface area (Å²) < 4.78 is 0. The number of anilines is 1. The van der Waals surface area contributed by atoms with Gasteiger partial charge in [-0.05, 0) is 6.42 Å². The molecule has 0 aromatic carbocycles. The van der Waals surface area contributed by atoms with Crippen LogP contribution in [0.1, 0.15) is 6.42 Å². The van der Waals surface area contributed by atoms with Crippen LogP contribution < -0.4 is 11.1 Å². The van der Waals surface area contributed by atoms with Gasteiger partial charge >= 0.3 is 5.97 Å². The van der Waals surface area contributed by atoms with Crippen LogP contribution >= 0.6 is 0 Å². The Bertz CT molecular complexity index is 291. The first kappa shape index (κ1) is 10.3. The van der Waals surface area contributed by atoms with Gasteiger partial charge in [0.05, 0.1) is 12.4 Å². The Labute approximate surface area is 80.4 Å². The first-order valence-corrected chi connectivity index (χ1v) is 4.06. The Morgan fingerprint density at radius 1 is 1.64 bits per heavy atom. The molecule has 14 heavy (non-hydrogen) atoms. The van der Waals surface area contributed by atoms with Crippen molar-refractivity contribution in [3.05, 3.63) is 12.4 Å².